The first kappa shape index (κ1) is 24.4. The Kier molecular flexibility index (Phi) is 7.42. The van der Waals surface area contributed by atoms with Gasteiger partial charge in [-0.2, -0.15) is 4.31 Å². The highest BCUT2D eigenvalue weighted by Crippen LogP contribution is 2.26. The smallest absolute Gasteiger partial charge is 0.243 e. The van der Waals surface area contributed by atoms with E-state index in [-0.39, 0.29) is 27.7 Å². The zero-order valence-electron chi connectivity index (χ0n) is 18.6. The number of nitrogens with one attached hydrogen (secondary N) is 1. The molecule has 1 heterocycles. The minimum Gasteiger partial charge on any atom is -0.349 e. The number of carbonyl (C=O) groups excluding carboxylic acids is 1. The van der Waals surface area contributed by atoms with Crippen molar-refractivity contribution in [3.05, 3.63) is 59.7 Å². The normalized spacial score (nSPS) is 17.1. The largest absolute Gasteiger partial charge is 0.349 e. The van der Waals surface area contributed by atoms with Crippen LogP contribution in [0.5, 0.6) is 0 Å². The number of amides is 1. The van der Waals surface area contributed by atoms with Gasteiger partial charge in [-0.15, -0.1) is 0 Å². The molecule has 1 saturated heterocycles. The quantitative estimate of drug-likeness (QED) is 0.659. The molecule has 1 amide bonds. The molecule has 0 saturated carbocycles. The second-order valence-electron chi connectivity index (χ2n) is 8.30. The molecule has 174 valence electrons. The van der Waals surface area contributed by atoms with Crippen LogP contribution in [0.4, 0.5) is 0 Å². The molecule has 0 aromatic heterocycles. The number of hydrogen-bond acceptors (Lipinski definition) is 5. The van der Waals surface area contributed by atoms with Crippen LogP contribution >= 0.6 is 0 Å². The highest BCUT2D eigenvalue weighted by Gasteiger charge is 2.32. The Morgan fingerprint density at radius 3 is 2.00 bits per heavy atom. The number of sulfone groups is 1. The van der Waals surface area contributed by atoms with E-state index in [0.717, 1.165) is 17.4 Å². The van der Waals surface area contributed by atoms with Gasteiger partial charge in [0.25, 0.3) is 0 Å². The van der Waals surface area contributed by atoms with E-state index < -0.39 is 19.9 Å². The van der Waals surface area contributed by atoms with E-state index in [0.29, 0.717) is 32.4 Å². The Bertz CT molecular complexity index is 1150. The molecule has 7 nitrogen and oxygen atoms in total. The van der Waals surface area contributed by atoms with Crippen molar-refractivity contribution in [1.82, 2.24) is 9.62 Å². The average Bonchev–Trinajstić information content (AvgIpc) is 2.77. The summed E-state index contributed by atoms with van der Waals surface area (Å²) < 4.78 is 50.5. The first-order valence-electron chi connectivity index (χ1n) is 10.7. The number of benzene rings is 2. The van der Waals surface area contributed by atoms with Gasteiger partial charge >= 0.3 is 0 Å². The first-order chi connectivity index (χ1) is 15.0. The topological polar surface area (TPSA) is 101 Å². The van der Waals surface area contributed by atoms with E-state index >= 15 is 0 Å². The van der Waals surface area contributed by atoms with Crippen molar-refractivity contribution >= 4 is 25.8 Å². The predicted octanol–water partition coefficient (Wildman–Crippen LogP) is 3.07. The monoisotopic (exact) mass is 478 g/mol. The summed E-state index contributed by atoms with van der Waals surface area (Å²) in [6.45, 7) is 4.46. The Morgan fingerprint density at radius 1 is 0.969 bits per heavy atom. The lowest BCUT2D eigenvalue weighted by atomic mass is 9.96. The fraction of sp³-hybridized carbons (Fsp3) is 0.435. The molecule has 0 radical (unpaired) electrons. The van der Waals surface area contributed by atoms with Gasteiger partial charge in [0.2, 0.25) is 15.9 Å². The minimum absolute atomic E-state index is 0.101. The lowest BCUT2D eigenvalue weighted by Gasteiger charge is -2.31. The van der Waals surface area contributed by atoms with Crippen LogP contribution in [-0.4, -0.2) is 46.4 Å². The van der Waals surface area contributed by atoms with Crippen molar-refractivity contribution in [2.75, 3.05) is 19.3 Å². The van der Waals surface area contributed by atoms with Gasteiger partial charge in [0.05, 0.1) is 15.8 Å². The highest BCUT2D eigenvalue weighted by molar-refractivity contribution is 7.90. The molecule has 0 spiro atoms. The molecule has 1 aliphatic heterocycles. The van der Waals surface area contributed by atoms with E-state index in [1.54, 1.807) is 48.5 Å². The minimum atomic E-state index is -3.56. The maximum absolute atomic E-state index is 12.9. The van der Waals surface area contributed by atoms with Crippen LogP contribution < -0.4 is 5.32 Å². The fourth-order valence-corrected chi connectivity index (χ4v) is 5.98. The van der Waals surface area contributed by atoms with Crippen LogP contribution in [0, 0.1) is 12.8 Å². The number of carbonyl (C=O) groups is 1. The van der Waals surface area contributed by atoms with Crippen LogP contribution in [0.3, 0.4) is 0 Å². The van der Waals surface area contributed by atoms with Crippen LogP contribution in [-0.2, 0) is 24.7 Å². The summed E-state index contributed by atoms with van der Waals surface area (Å²) in [6, 6.07) is 13.1. The molecule has 0 bridgehead atoms. The Balaban J connectivity index is 1.61. The standard InChI is InChI=1S/C23H30N2O5S2/c1-4-22(18-7-11-20(12-8-18)31(3,27)28)24-23(26)19-13-15-25(16-14-19)32(29,30)21-9-5-17(2)6-10-21/h5-12,19,22H,4,13-16H2,1-3H3,(H,24,26). The lowest BCUT2D eigenvalue weighted by Crippen LogP contribution is -2.43. The molecule has 2 aromatic carbocycles. The number of nitrogens with zero attached hydrogens (tertiary/aromatic N) is 1. The number of rotatable bonds is 7. The second-order valence-corrected chi connectivity index (χ2v) is 12.3. The molecule has 32 heavy (non-hydrogen) atoms. The molecule has 3 rings (SSSR count). The third kappa shape index (κ3) is 5.57. The van der Waals surface area contributed by atoms with E-state index in [1.165, 1.54) is 4.31 Å². The van der Waals surface area contributed by atoms with Gasteiger partial charge in [-0.3, -0.25) is 4.79 Å². The third-order valence-electron chi connectivity index (χ3n) is 5.92. The SMILES string of the molecule is CCC(NC(=O)C1CCN(S(=O)(=O)c2ccc(C)cc2)CC1)c1ccc(S(C)(=O)=O)cc1. The van der Waals surface area contributed by atoms with Gasteiger partial charge in [0.15, 0.2) is 9.84 Å². The third-order valence-corrected chi connectivity index (χ3v) is 8.96. The fourth-order valence-electron chi connectivity index (χ4n) is 3.88. The molecule has 2 aromatic rings. The van der Waals surface area contributed by atoms with Crippen molar-refractivity contribution in [2.24, 2.45) is 5.92 Å². The average molecular weight is 479 g/mol. The summed E-state index contributed by atoms with van der Waals surface area (Å²) in [7, 11) is -6.84. The molecule has 9 heteroatoms. The Morgan fingerprint density at radius 2 is 1.50 bits per heavy atom. The number of aryl methyl sites for hydroxylation is 1. The summed E-state index contributed by atoms with van der Waals surface area (Å²) in [4.78, 5) is 13.4. The van der Waals surface area contributed by atoms with Gasteiger partial charge < -0.3 is 5.32 Å². The van der Waals surface area contributed by atoms with Gasteiger partial charge in [-0.1, -0.05) is 36.8 Å². The number of sulfonamides is 1. The maximum Gasteiger partial charge on any atom is 0.243 e. The molecular weight excluding hydrogens is 448 g/mol. The first-order valence-corrected chi connectivity index (χ1v) is 14.0. The predicted molar refractivity (Wildman–Crippen MR) is 123 cm³/mol. The number of hydrogen-bond donors (Lipinski definition) is 1. The van der Waals surface area contributed by atoms with E-state index in [4.69, 9.17) is 0 Å². The van der Waals surface area contributed by atoms with Crippen LogP contribution in [0.1, 0.15) is 43.4 Å². The van der Waals surface area contributed by atoms with Crippen molar-refractivity contribution in [1.29, 1.82) is 0 Å². The van der Waals surface area contributed by atoms with Crippen molar-refractivity contribution in [3.8, 4) is 0 Å². The van der Waals surface area contributed by atoms with E-state index in [9.17, 15) is 21.6 Å². The molecule has 1 atom stereocenters. The highest BCUT2D eigenvalue weighted by atomic mass is 32.2. The molecular formula is C23H30N2O5S2. The summed E-state index contributed by atoms with van der Waals surface area (Å²) in [5.74, 6) is -0.361. The van der Waals surface area contributed by atoms with E-state index in [1.807, 2.05) is 13.8 Å². The second kappa shape index (κ2) is 9.72. The van der Waals surface area contributed by atoms with Gasteiger partial charge in [0.1, 0.15) is 0 Å². The van der Waals surface area contributed by atoms with Crippen molar-refractivity contribution < 1.29 is 21.6 Å². The summed E-state index contributed by atoms with van der Waals surface area (Å²) in [6.07, 6.45) is 2.73. The molecule has 1 fully saturated rings. The summed E-state index contributed by atoms with van der Waals surface area (Å²) >= 11 is 0. The van der Waals surface area contributed by atoms with E-state index in [2.05, 4.69) is 5.32 Å². The maximum atomic E-state index is 12.9. The van der Waals surface area contributed by atoms with Crippen molar-refractivity contribution in [3.63, 3.8) is 0 Å². The Labute approximate surface area is 190 Å². The van der Waals surface area contributed by atoms with Crippen molar-refractivity contribution in [2.45, 2.75) is 48.9 Å². The molecule has 1 N–H and O–H groups in total. The Hall–Kier alpha value is -2.23. The summed E-state index contributed by atoms with van der Waals surface area (Å²) in [5.41, 5.74) is 1.84. The zero-order valence-corrected chi connectivity index (χ0v) is 20.2. The van der Waals surface area contributed by atoms with Crippen LogP contribution in [0.25, 0.3) is 0 Å². The van der Waals surface area contributed by atoms with Crippen LogP contribution in [0.15, 0.2) is 58.3 Å². The molecule has 1 aliphatic rings. The molecule has 1 unspecified atom stereocenters. The zero-order chi connectivity index (χ0) is 23.5. The molecule has 0 aliphatic carbocycles. The van der Waals surface area contributed by atoms with Gasteiger partial charge in [-0.25, -0.2) is 16.8 Å². The van der Waals surface area contributed by atoms with Gasteiger partial charge in [-0.05, 0) is 56.0 Å². The number of piperidine rings is 1. The van der Waals surface area contributed by atoms with Crippen LogP contribution in [0.2, 0.25) is 0 Å². The summed E-state index contributed by atoms with van der Waals surface area (Å²) in [5, 5.41) is 3.05. The van der Waals surface area contributed by atoms with Gasteiger partial charge in [0, 0.05) is 25.3 Å². The lowest BCUT2D eigenvalue weighted by molar-refractivity contribution is -0.126.